The molecule has 1 fully saturated rings. The van der Waals surface area contributed by atoms with Gasteiger partial charge in [0.05, 0.1) is 6.20 Å². The van der Waals surface area contributed by atoms with E-state index in [9.17, 15) is 4.79 Å². The molecule has 0 saturated carbocycles. The van der Waals surface area contributed by atoms with Crippen LogP contribution in [-0.2, 0) is 11.3 Å². The molecule has 5 nitrogen and oxygen atoms in total. The number of amides is 1. The molecule has 1 aliphatic rings. The van der Waals surface area contributed by atoms with Crippen molar-refractivity contribution in [3.63, 3.8) is 0 Å². The highest BCUT2D eigenvalue weighted by molar-refractivity contribution is 5.78. The van der Waals surface area contributed by atoms with Gasteiger partial charge in [0.2, 0.25) is 5.91 Å². The number of nitrogens with zero attached hydrogens (tertiary/aromatic N) is 3. The molecule has 1 N–H and O–H groups in total. The number of aromatic nitrogens is 2. The van der Waals surface area contributed by atoms with E-state index in [2.05, 4.69) is 37.4 Å². The molecular formula is C14H24N4O. The zero-order chi connectivity index (χ0) is 13.8. The van der Waals surface area contributed by atoms with Crippen LogP contribution in [-0.4, -0.2) is 39.7 Å². The van der Waals surface area contributed by atoms with Gasteiger partial charge in [-0.05, 0) is 27.2 Å². The molecule has 2 heterocycles. The standard InChI is InChI=1S/C14H24N4O/c1-4-18-10-13(8-15-18)12(3)16-11(2)9-17-7-5-6-14(17)19/h8,10-12,16H,4-7,9H2,1-3H3. The van der Waals surface area contributed by atoms with E-state index in [1.807, 2.05) is 15.8 Å². The molecular weight excluding hydrogens is 240 g/mol. The molecule has 0 bridgehead atoms. The first-order valence-electron chi connectivity index (χ1n) is 7.16. The lowest BCUT2D eigenvalue weighted by Gasteiger charge is -2.24. The lowest BCUT2D eigenvalue weighted by atomic mass is 10.1. The Hall–Kier alpha value is -1.36. The van der Waals surface area contributed by atoms with Gasteiger partial charge in [0.1, 0.15) is 0 Å². The van der Waals surface area contributed by atoms with Crippen molar-refractivity contribution >= 4 is 5.91 Å². The van der Waals surface area contributed by atoms with Crippen LogP contribution in [0.4, 0.5) is 0 Å². The van der Waals surface area contributed by atoms with Crippen LogP contribution in [0.1, 0.15) is 45.2 Å². The molecule has 0 radical (unpaired) electrons. The summed E-state index contributed by atoms with van der Waals surface area (Å²) < 4.78 is 1.93. The molecule has 1 amide bonds. The van der Waals surface area contributed by atoms with Crippen molar-refractivity contribution in [1.29, 1.82) is 0 Å². The van der Waals surface area contributed by atoms with E-state index in [1.54, 1.807) is 0 Å². The maximum absolute atomic E-state index is 11.6. The number of aryl methyl sites for hydroxylation is 1. The molecule has 1 saturated heterocycles. The van der Waals surface area contributed by atoms with E-state index >= 15 is 0 Å². The fourth-order valence-corrected chi connectivity index (χ4v) is 2.58. The molecule has 1 aliphatic heterocycles. The third-order valence-electron chi connectivity index (χ3n) is 3.68. The van der Waals surface area contributed by atoms with Crippen molar-refractivity contribution in [1.82, 2.24) is 20.0 Å². The van der Waals surface area contributed by atoms with Crippen LogP contribution < -0.4 is 5.32 Å². The van der Waals surface area contributed by atoms with Gasteiger partial charge in [0, 0.05) is 49.9 Å². The second-order valence-electron chi connectivity index (χ2n) is 5.36. The number of rotatable bonds is 6. The third kappa shape index (κ3) is 3.56. The normalized spacial score (nSPS) is 18.9. The van der Waals surface area contributed by atoms with E-state index in [0.717, 1.165) is 26.1 Å². The van der Waals surface area contributed by atoms with Gasteiger partial charge in [-0.25, -0.2) is 0 Å². The molecule has 106 valence electrons. The Morgan fingerprint density at radius 1 is 1.47 bits per heavy atom. The monoisotopic (exact) mass is 264 g/mol. The van der Waals surface area contributed by atoms with Crippen molar-refractivity contribution < 1.29 is 4.79 Å². The number of nitrogens with one attached hydrogen (secondary N) is 1. The molecule has 2 rings (SSSR count). The Morgan fingerprint density at radius 3 is 2.84 bits per heavy atom. The van der Waals surface area contributed by atoms with Crippen molar-refractivity contribution in [2.75, 3.05) is 13.1 Å². The van der Waals surface area contributed by atoms with Crippen LogP contribution in [0.5, 0.6) is 0 Å². The van der Waals surface area contributed by atoms with Gasteiger partial charge in [0.15, 0.2) is 0 Å². The first-order chi connectivity index (χ1) is 9.10. The van der Waals surface area contributed by atoms with Gasteiger partial charge in [-0.3, -0.25) is 9.48 Å². The number of carbonyl (C=O) groups excluding carboxylic acids is 1. The molecule has 0 aliphatic carbocycles. The van der Waals surface area contributed by atoms with Gasteiger partial charge < -0.3 is 10.2 Å². The van der Waals surface area contributed by atoms with Crippen LogP contribution in [0.15, 0.2) is 12.4 Å². The summed E-state index contributed by atoms with van der Waals surface area (Å²) in [5.41, 5.74) is 1.20. The molecule has 19 heavy (non-hydrogen) atoms. The number of likely N-dealkylation sites (tertiary alicyclic amines) is 1. The van der Waals surface area contributed by atoms with E-state index in [4.69, 9.17) is 0 Å². The Bertz CT molecular complexity index is 429. The fourth-order valence-electron chi connectivity index (χ4n) is 2.58. The summed E-state index contributed by atoms with van der Waals surface area (Å²) in [6.07, 6.45) is 5.70. The van der Waals surface area contributed by atoms with E-state index in [-0.39, 0.29) is 6.04 Å². The van der Waals surface area contributed by atoms with Crippen molar-refractivity contribution in [2.45, 2.75) is 52.2 Å². The lowest BCUT2D eigenvalue weighted by molar-refractivity contribution is -0.127. The van der Waals surface area contributed by atoms with Crippen LogP contribution in [0.2, 0.25) is 0 Å². The van der Waals surface area contributed by atoms with Crippen LogP contribution >= 0.6 is 0 Å². The second kappa shape index (κ2) is 6.19. The maximum Gasteiger partial charge on any atom is 0.222 e. The number of carbonyl (C=O) groups is 1. The summed E-state index contributed by atoms with van der Waals surface area (Å²) in [5, 5.41) is 7.82. The Kier molecular flexibility index (Phi) is 4.58. The highest BCUT2D eigenvalue weighted by Gasteiger charge is 2.22. The van der Waals surface area contributed by atoms with Gasteiger partial charge in [0.25, 0.3) is 0 Å². The topological polar surface area (TPSA) is 50.2 Å². The predicted octanol–water partition coefficient (Wildman–Crippen LogP) is 1.56. The summed E-state index contributed by atoms with van der Waals surface area (Å²) >= 11 is 0. The summed E-state index contributed by atoms with van der Waals surface area (Å²) in [6, 6.07) is 0.551. The molecule has 0 aromatic carbocycles. The van der Waals surface area contributed by atoms with E-state index in [0.29, 0.717) is 18.4 Å². The van der Waals surface area contributed by atoms with Crippen molar-refractivity contribution in [3.05, 3.63) is 18.0 Å². The quantitative estimate of drug-likeness (QED) is 0.848. The van der Waals surface area contributed by atoms with Crippen molar-refractivity contribution in [2.24, 2.45) is 0 Å². The molecule has 1 aromatic heterocycles. The molecule has 2 atom stereocenters. The average molecular weight is 264 g/mol. The fraction of sp³-hybridized carbons (Fsp3) is 0.714. The van der Waals surface area contributed by atoms with E-state index in [1.165, 1.54) is 5.56 Å². The largest absolute Gasteiger partial charge is 0.341 e. The maximum atomic E-state index is 11.6. The average Bonchev–Trinajstić information content (AvgIpc) is 2.99. The highest BCUT2D eigenvalue weighted by atomic mass is 16.2. The molecule has 5 heteroatoms. The minimum absolute atomic E-state index is 0.257. The third-order valence-corrected chi connectivity index (χ3v) is 3.68. The van der Waals surface area contributed by atoms with E-state index < -0.39 is 0 Å². The van der Waals surface area contributed by atoms with Crippen LogP contribution in [0, 0.1) is 0 Å². The zero-order valence-electron chi connectivity index (χ0n) is 12.1. The summed E-state index contributed by atoms with van der Waals surface area (Å²) in [5.74, 6) is 0.292. The Balaban J connectivity index is 1.84. The van der Waals surface area contributed by atoms with Crippen LogP contribution in [0.25, 0.3) is 0 Å². The lowest BCUT2D eigenvalue weighted by Crippen LogP contribution is -2.40. The molecule has 0 spiro atoms. The highest BCUT2D eigenvalue weighted by Crippen LogP contribution is 2.14. The number of hydrogen-bond acceptors (Lipinski definition) is 3. The molecule has 1 aromatic rings. The van der Waals surface area contributed by atoms with Gasteiger partial charge in [-0.15, -0.1) is 0 Å². The number of hydrogen-bond donors (Lipinski definition) is 1. The first-order valence-corrected chi connectivity index (χ1v) is 7.16. The SMILES string of the molecule is CCn1cc(C(C)NC(C)CN2CCCC2=O)cn1. The summed E-state index contributed by atoms with van der Waals surface area (Å²) in [4.78, 5) is 13.6. The van der Waals surface area contributed by atoms with Crippen LogP contribution in [0.3, 0.4) is 0 Å². The second-order valence-corrected chi connectivity index (χ2v) is 5.36. The van der Waals surface area contributed by atoms with Crippen molar-refractivity contribution in [3.8, 4) is 0 Å². The minimum Gasteiger partial charge on any atom is -0.341 e. The van der Waals surface area contributed by atoms with Gasteiger partial charge >= 0.3 is 0 Å². The van der Waals surface area contributed by atoms with Gasteiger partial charge in [-0.1, -0.05) is 0 Å². The summed E-state index contributed by atoms with van der Waals surface area (Å²) in [6.45, 7) is 8.95. The smallest absolute Gasteiger partial charge is 0.222 e. The zero-order valence-corrected chi connectivity index (χ0v) is 12.1. The first kappa shape index (κ1) is 14.1. The molecule has 2 unspecified atom stereocenters. The predicted molar refractivity (Wildman–Crippen MR) is 74.7 cm³/mol. The minimum atomic E-state index is 0.257. The van der Waals surface area contributed by atoms with Gasteiger partial charge in [-0.2, -0.15) is 5.10 Å². The summed E-state index contributed by atoms with van der Waals surface area (Å²) in [7, 11) is 0. The Labute approximate surface area is 115 Å². The Morgan fingerprint density at radius 2 is 2.26 bits per heavy atom.